The van der Waals surface area contributed by atoms with Crippen molar-refractivity contribution in [3.63, 3.8) is 0 Å². The maximum atomic E-state index is 11.8. The molecule has 0 N–H and O–H groups in total. The molecule has 0 fully saturated rings. The van der Waals surface area contributed by atoms with E-state index in [1.807, 2.05) is 13.8 Å². The second kappa shape index (κ2) is 8.35. The Morgan fingerprint density at radius 1 is 1.00 bits per heavy atom. The SMILES string of the molecule is CCCOC(=O)c1ccc(C(=O)OCC(C)CC)cc1. The number of benzene rings is 1. The normalized spacial score (nSPS) is 11.8. The van der Waals surface area contributed by atoms with Gasteiger partial charge in [0.1, 0.15) is 0 Å². The van der Waals surface area contributed by atoms with Crippen LogP contribution in [0.1, 0.15) is 54.3 Å². The van der Waals surface area contributed by atoms with E-state index in [0.29, 0.717) is 30.3 Å². The minimum absolute atomic E-state index is 0.349. The van der Waals surface area contributed by atoms with Gasteiger partial charge in [-0.3, -0.25) is 0 Å². The van der Waals surface area contributed by atoms with Crippen LogP contribution >= 0.6 is 0 Å². The Bertz CT molecular complexity index is 436. The van der Waals surface area contributed by atoms with Crippen LogP contribution in [0, 0.1) is 5.92 Å². The number of carbonyl (C=O) groups excluding carboxylic acids is 2. The number of esters is 2. The van der Waals surface area contributed by atoms with E-state index in [4.69, 9.17) is 9.47 Å². The molecule has 0 heterocycles. The van der Waals surface area contributed by atoms with Gasteiger partial charge in [-0.2, -0.15) is 0 Å². The van der Waals surface area contributed by atoms with Crippen LogP contribution in [0.15, 0.2) is 24.3 Å². The van der Waals surface area contributed by atoms with Gasteiger partial charge in [-0.05, 0) is 36.6 Å². The maximum Gasteiger partial charge on any atom is 0.338 e. The Hall–Kier alpha value is -1.84. The zero-order valence-corrected chi connectivity index (χ0v) is 12.3. The first-order chi connectivity index (χ1) is 9.58. The summed E-state index contributed by atoms with van der Waals surface area (Å²) < 4.78 is 10.2. The van der Waals surface area contributed by atoms with Crippen molar-refractivity contribution < 1.29 is 19.1 Å². The molecule has 4 heteroatoms. The van der Waals surface area contributed by atoms with E-state index in [9.17, 15) is 9.59 Å². The lowest BCUT2D eigenvalue weighted by molar-refractivity contribution is 0.0444. The standard InChI is InChI=1S/C16H22O4/c1-4-10-19-15(17)13-6-8-14(9-7-13)16(18)20-11-12(3)5-2/h6-9,12H,4-5,10-11H2,1-3H3. The highest BCUT2D eigenvalue weighted by Gasteiger charge is 2.11. The van der Waals surface area contributed by atoms with Gasteiger partial charge in [0.25, 0.3) is 0 Å². The highest BCUT2D eigenvalue weighted by Crippen LogP contribution is 2.09. The van der Waals surface area contributed by atoms with E-state index >= 15 is 0 Å². The van der Waals surface area contributed by atoms with E-state index in [1.54, 1.807) is 24.3 Å². The molecule has 1 aromatic carbocycles. The van der Waals surface area contributed by atoms with Crippen molar-refractivity contribution in [1.82, 2.24) is 0 Å². The molecule has 20 heavy (non-hydrogen) atoms. The van der Waals surface area contributed by atoms with Gasteiger partial charge in [-0.15, -0.1) is 0 Å². The molecule has 0 saturated heterocycles. The monoisotopic (exact) mass is 278 g/mol. The molecular formula is C16H22O4. The van der Waals surface area contributed by atoms with Crippen molar-refractivity contribution in [1.29, 1.82) is 0 Å². The molecule has 1 atom stereocenters. The van der Waals surface area contributed by atoms with Crippen LogP contribution in [-0.4, -0.2) is 25.2 Å². The first-order valence-electron chi connectivity index (χ1n) is 7.02. The average molecular weight is 278 g/mol. The lowest BCUT2D eigenvalue weighted by Crippen LogP contribution is -2.12. The fraction of sp³-hybridized carbons (Fsp3) is 0.500. The van der Waals surface area contributed by atoms with Gasteiger partial charge >= 0.3 is 11.9 Å². The zero-order valence-electron chi connectivity index (χ0n) is 12.3. The molecule has 0 aliphatic heterocycles. The van der Waals surface area contributed by atoms with Crippen molar-refractivity contribution in [2.24, 2.45) is 5.92 Å². The number of ether oxygens (including phenoxy) is 2. The lowest BCUT2D eigenvalue weighted by atomic mass is 10.1. The molecule has 0 aromatic heterocycles. The molecule has 0 aliphatic rings. The maximum absolute atomic E-state index is 11.8. The fourth-order valence-electron chi connectivity index (χ4n) is 1.44. The van der Waals surface area contributed by atoms with Gasteiger partial charge in [-0.1, -0.05) is 27.2 Å². The molecule has 0 bridgehead atoms. The number of hydrogen-bond acceptors (Lipinski definition) is 4. The Morgan fingerprint density at radius 3 is 1.95 bits per heavy atom. The fourth-order valence-corrected chi connectivity index (χ4v) is 1.44. The van der Waals surface area contributed by atoms with Crippen LogP contribution in [0.25, 0.3) is 0 Å². The van der Waals surface area contributed by atoms with Crippen LogP contribution in [-0.2, 0) is 9.47 Å². The molecule has 0 spiro atoms. The molecule has 4 nitrogen and oxygen atoms in total. The van der Waals surface area contributed by atoms with Gasteiger partial charge in [0, 0.05) is 0 Å². The molecular weight excluding hydrogens is 256 g/mol. The van der Waals surface area contributed by atoms with Gasteiger partial charge in [-0.25, -0.2) is 9.59 Å². The molecule has 1 aromatic rings. The molecule has 0 saturated carbocycles. The first-order valence-corrected chi connectivity index (χ1v) is 7.02. The second-order valence-electron chi connectivity index (χ2n) is 4.83. The van der Waals surface area contributed by atoms with Gasteiger partial charge < -0.3 is 9.47 Å². The number of carbonyl (C=O) groups is 2. The van der Waals surface area contributed by atoms with E-state index in [1.165, 1.54) is 0 Å². The zero-order chi connectivity index (χ0) is 15.0. The largest absolute Gasteiger partial charge is 0.462 e. The minimum Gasteiger partial charge on any atom is -0.462 e. The lowest BCUT2D eigenvalue weighted by Gasteiger charge is -2.09. The summed E-state index contributed by atoms with van der Waals surface area (Å²) in [6.07, 6.45) is 1.75. The Labute approximate surface area is 120 Å². The second-order valence-corrected chi connectivity index (χ2v) is 4.83. The molecule has 1 unspecified atom stereocenters. The third-order valence-corrected chi connectivity index (χ3v) is 2.99. The van der Waals surface area contributed by atoms with Gasteiger partial charge in [0.2, 0.25) is 0 Å². The average Bonchev–Trinajstić information content (AvgIpc) is 2.49. The number of hydrogen-bond donors (Lipinski definition) is 0. The summed E-state index contributed by atoms with van der Waals surface area (Å²) in [4.78, 5) is 23.4. The third-order valence-electron chi connectivity index (χ3n) is 2.99. The minimum atomic E-state index is -0.369. The van der Waals surface area contributed by atoms with Crippen LogP contribution in [0.5, 0.6) is 0 Å². The molecule has 0 aliphatic carbocycles. The van der Waals surface area contributed by atoms with E-state index < -0.39 is 0 Å². The van der Waals surface area contributed by atoms with E-state index in [0.717, 1.165) is 12.8 Å². The topological polar surface area (TPSA) is 52.6 Å². The van der Waals surface area contributed by atoms with Crippen LogP contribution in [0.4, 0.5) is 0 Å². The predicted molar refractivity (Wildman–Crippen MR) is 76.8 cm³/mol. The van der Waals surface area contributed by atoms with E-state index in [2.05, 4.69) is 6.92 Å². The van der Waals surface area contributed by atoms with Crippen LogP contribution in [0.2, 0.25) is 0 Å². The summed E-state index contributed by atoms with van der Waals surface area (Å²) in [5.41, 5.74) is 0.886. The van der Waals surface area contributed by atoms with Gasteiger partial charge in [0.15, 0.2) is 0 Å². The van der Waals surface area contributed by atoms with Crippen molar-refractivity contribution in [2.45, 2.75) is 33.6 Å². The Morgan fingerprint density at radius 2 is 1.50 bits per heavy atom. The van der Waals surface area contributed by atoms with Crippen molar-refractivity contribution >= 4 is 11.9 Å². The van der Waals surface area contributed by atoms with Gasteiger partial charge in [0.05, 0.1) is 24.3 Å². The molecule has 110 valence electrons. The van der Waals surface area contributed by atoms with Crippen LogP contribution in [0.3, 0.4) is 0 Å². The van der Waals surface area contributed by atoms with E-state index in [-0.39, 0.29) is 11.9 Å². The molecule has 0 radical (unpaired) electrons. The third kappa shape index (κ3) is 5.03. The predicted octanol–water partition coefficient (Wildman–Crippen LogP) is 3.46. The highest BCUT2D eigenvalue weighted by atomic mass is 16.5. The van der Waals surface area contributed by atoms with Crippen LogP contribution < -0.4 is 0 Å². The first kappa shape index (κ1) is 16.2. The van der Waals surface area contributed by atoms with Crippen molar-refractivity contribution in [3.05, 3.63) is 35.4 Å². The summed E-state index contributed by atoms with van der Waals surface area (Å²) in [7, 11) is 0. The summed E-state index contributed by atoms with van der Waals surface area (Å²) in [5, 5.41) is 0. The summed E-state index contributed by atoms with van der Waals surface area (Å²) >= 11 is 0. The summed E-state index contributed by atoms with van der Waals surface area (Å²) in [6.45, 7) is 6.83. The quantitative estimate of drug-likeness (QED) is 0.717. The smallest absolute Gasteiger partial charge is 0.338 e. The Kier molecular flexibility index (Phi) is 6.77. The summed E-state index contributed by atoms with van der Waals surface area (Å²) in [5.74, 6) is -0.382. The molecule has 1 rings (SSSR count). The summed E-state index contributed by atoms with van der Waals surface area (Å²) in [6, 6.07) is 6.33. The molecule has 0 amide bonds. The van der Waals surface area contributed by atoms with Crippen molar-refractivity contribution in [2.75, 3.05) is 13.2 Å². The highest BCUT2D eigenvalue weighted by molar-refractivity contribution is 5.93. The van der Waals surface area contributed by atoms with Crippen molar-refractivity contribution in [3.8, 4) is 0 Å². The number of rotatable bonds is 7. The Balaban J connectivity index is 2.57.